The lowest BCUT2D eigenvalue weighted by molar-refractivity contribution is -0.130. The van der Waals surface area contributed by atoms with Gasteiger partial charge in [0.2, 0.25) is 21.9 Å². The average Bonchev–Trinajstić information content (AvgIpc) is 2.76. The van der Waals surface area contributed by atoms with Gasteiger partial charge < -0.3 is 15.1 Å². The Hall–Kier alpha value is -2.89. The quantitative estimate of drug-likeness (QED) is 0.505. The van der Waals surface area contributed by atoms with Crippen LogP contribution in [0, 0.1) is 5.82 Å². The molecule has 0 radical (unpaired) electrons. The number of aliphatic hydroxyl groups is 2. The van der Waals surface area contributed by atoms with Crippen LogP contribution in [0.2, 0.25) is 0 Å². The number of nitrogens with zero attached hydrogens (tertiary/aromatic N) is 4. The number of carbonyl (C=O) groups is 1. The van der Waals surface area contributed by atoms with Crippen LogP contribution in [-0.4, -0.2) is 79.0 Å². The summed E-state index contributed by atoms with van der Waals surface area (Å²) in [5.74, 6) is -0.877. The highest BCUT2D eigenvalue weighted by Gasteiger charge is 2.22. The Kier molecular flexibility index (Phi) is 9.47. The third-order valence-corrected chi connectivity index (χ3v) is 6.47. The molecular formula is C24H33FN4O5S. The Balaban J connectivity index is 2.53. The zero-order valence-electron chi connectivity index (χ0n) is 20.8. The van der Waals surface area contributed by atoms with Crippen molar-refractivity contribution in [1.29, 1.82) is 0 Å². The normalized spacial score (nSPS) is 13.8. The molecule has 0 spiro atoms. The van der Waals surface area contributed by atoms with E-state index in [1.54, 1.807) is 20.2 Å². The standard InChI is InChI=1S/C24H33FN4O5S/c1-15(2)22-20(12-11-18(30)13-19(31)14-21(32)28(3)4)23(16-7-9-17(25)10-8-16)27-24(26-22)29(5)35(6,33)34/h7-12,15,18-19,30-31H,13-14H2,1-6H3. The Morgan fingerprint density at radius 3 is 2.23 bits per heavy atom. The average molecular weight is 509 g/mol. The van der Waals surface area contributed by atoms with Crippen molar-refractivity contribution in [2.75, 3.05) is 31.7 Å². The predicted molar refractivity (Wildman–Crippen MR) is 134 cm³/mol. The SMILES string of the molecule is CC(C)c1nc(N(C)S(C)(=O)=O)nc(-c2ccc(F)cc2)c1C=CC(O)CC(O)CC(=O)N(C)C. The van der Waals surface area contributed by atoms with Crippen molar-refractivity contribution in [3.05, 3.63) is 47.4 Å². The maximum Gasteiger partial charge on any atom is 0.239 e. The molecule has 1 amide bonds. The second-order valence-electron chi connectivity index (χ2n) is 8.87. The molecule has 0 aliphatic rings. The van der Waals surface area contributed by atoms with Gasteiger partial charge in [0, 0.05) is 38.7 Å². The van der Waals surface area contributed by atoms with Gasteiger partial charge in [0.1, 0.15) is 5.82 Å². The van der Waals surface area contributed by atoms with Gasteiger partial charge in [-0.25, -0.2) is 27.1 Å². The maximum absolute atomic E-state index is 13.6. The molecule has 2 rings (SSSR count). The monoisotopic (exact) mass is 508 g/mol. The van der Waals surface area contributed by atoms with Gasteiger partial charge in [-0.3, -0.25) is 4.79 Å². The van der Waals surface area contributed by atoms with E-state index in [0.29, 0.717) is 22.5 Å². The first-order chi connectivity index (χ1) is 16.2. The molecule has 0 saturated carbocycles. The number of anilines is 1. The maximum atomic E-state index is 13.6. The fraction of sp³-hybridized carbons (Fsp3) is 0.458. The van der Waals surface area contributed by atoms with Gasteiger partial charge in [-0.05, 0) is 30.2 Å². The zero-order chi connectivity index (χ0) is 26.5. The smallest absolute Gasteiger partial charge is 0.239 e. The van der Waals surface area contributed by atoms with Crippen molar-refractivity contribution >= 4 is 28.0 Å². The van der Waals surface area contributed by atoms with Crippen LogP contribution in [0.25, 0.3) is 17.3 Å². The molecular weight excluding hydrogens is 475 g/mol. The number of aliphatic hydroxyl groups excluding tert-OH is 2. The third-order valence-electron chi connectivity index (χ3n) is 5.31. The summed E-state index contributed by atoms with van der Waals surface area (Å²) in [5.41, 5.74) is 1.94. The van der Waals surface area contributed by atoms with E-state index in [1.165, 1.54) is 42.3 Å². The Morgan fingerprint density at radius 2 is 1.71 bits per heavy atom. The van der Waals surface area contributed by atoms with E-state index < -0.39 is 28.0 Å². The Bertz CT molecular complexity index is 1170. The van der Waals surface area contributed by atoms with Crippen LogP contribution in [0.5, 0.6) is 0 Å². The molecule has 0 aliphatic carbocycles. The number of benzene rings is 1. The molecule has 1 aromatic carbocycles. The topological polar surface area (TPSA) is 124 Å². The van der Waals surface area contributed by atoms with E-state index in [4.69, 9.17) is 0 Å². The first-order valence-electron chi connectivity index (χ1n) is 11.1. The van der Waals surface area contributed by atoms with Gasteiger partial charge in [-0.15, -0.1) is 0 Å². The van der Waals surface area contributed by atoms with Crippen molar-refractivity contribution in [3.8, 4) is 11.3 Å². The summed E-state index contributed by atoms with van der Waals surface area (Å²) >= 11 is 0. The van der Waals surface area contributed by atoms with E-state index in [-0.39, 0.29) is 30.6 Å². The molecule has 11 heteroatoms. The minimum Gasteiger partial charge on any atom is -0.392 e. The fourth-order valence-corrected chi connectivity index (χ4v) is 3.61. The van der Waals surface area contributed by atoms with Crippen LogP contribution in [-0.2, 0) is 14.8 Å². The van der Waals surface area contributed by atoms with E-state index in [9.17, 15) is 27.8 Å². The zero-order valence-corrected chi connectivity index (χ0v) is 21.6. The molecule has 2 atom stereocenters. The highest BCUT2D eigenvalue weighted by Crippen LogP contribution is 2.31. The summed E-state index contributed by atoms with van der Waals surface area (Å²) in [7, 11) is 0.873. The minimum atomic E-state index is -3.64. The molecule has 1 heterocycles. The van der Waals surface area contributed by atoms with Crippen molar-refractivity contribution in [2.24, 2.45) is 0 Å². The highest BCUT2D eigenvalue weighted by molar-refractivity contribution is 7.92. The summed E-state index contributed by atoms with van der Waals surface area (Å²) in [6.07, 6.45) is 1.82. The second kappa shape index (κ2) is 11.7. The third kappa shape index (κ3) is 7.81. The Labute approximate surface area is 206 Å². The molecule has 0 bridgehead atoms. The van der Waals surface area contributed by atoms with Crippen molar-refractivity contribution in [3.63, 3.8) is 0 Å². The fourth-order valence-electron chi connectivity index (χ4n) is 3.23. The molecule has 9 nitrogen and oxygen atoms in total. The summed E-state index contributed by atoms with van der Waals surface area (Å²) in [6, 6.07) is 5.59. The van der Waals surface area contributed by atoms with Crippen LogP contribution in [0.15, 0.2) is 30.3 Å². The summed E-state index contributed by atoms with van der Waals surface area (Å²) in [4.78, 5) is 22.1. The number of aromatic nitrogens is 2. The van der Waals surface area contributed by atoms with Crippen LogP contribution >= 0.6 is 0 Å². The van der Waals surface area contributed by atoms with Gasteiger partial charge in [-0.2, -0.15) is 0 Å². The van der Waals surface area contributed by atoms with E-state index in [0.717, 1.165) is 10.6 Å². The van der Waals surface area contributed by atoms with Crippen LogP contribution in [0.4, 0.5) is 10.3 Å². The lowest BCUT2D eigenvalue weighted by Crippen LogP contribution is -2.28. The number of amides is 1. The van der Waals surface area contributed by atoms with Gasteiger partial charge in [-0.1, -0.05) is 26.0 Å². The van der Waals surface area contributed by atoms with Crippen LogP contribution < -0.4 is 4.31 Å². The van der Waals surface area contributed by atoms with Crippen LogP contribution in [0.3, 0.4) is 0 Å². The molecule has 0 fully saturated rings. The summed E-state index contributed by atoms with van der Waals surface area (Å²) < 4.78 is 38.8. The van der Waals surface area contributed by atoms with Crippen molar-refractivity contribution in [2.45, 2.75) is 44.8 Å². The number of halogens is 1. The van der Waals surface area contributed by atoms with E-state index in [2.05, 4.69) is 9.97 Å². The van der Waals surface area contributed by atoms with Gasteiger partial charge in [0.15, 0.2) is 0 Å². The summed E-state index contributed by atoms with van der Waals surface area (Å²) in [5, 5.41) is 20.6. The molecule has 2 unspecified atom stereocenters. The molecule has 2 aromatic rings. The minimum absolute atomic E-state index is 0.0363. The highest BCUT2D eigenvalue weighted by atomic mass is 32.2. The molecule has 192 valence electrons. The number of carbonyl (C=O) groups excluding carboxylic acids is 1. The lowest BCUT2D eigenvalue weighted by Gasteiger charge is -2.20. The van der Waals surface area contributed by atoms with E-state index in [1.807, 2.05) is 13.8 Å². The van der Waals surface area contributed by atoms with Gasteiger partial charge >= 0.3 is 0 Å². The van der Waals surface area contributed by atoms with Crippen LogP contribution in [0.1, 0.15) is 43.9 Å². The molecule has 0 aliphatic heterocycles. The molecule has 0 saturated heterocycles. The number of hydrogen-bond donors (Lipinski definition) is 2. The predicted octanol–water partition coefficient (Wildman–Crippen LogP) is 2.41. The lowest BCUT2D eigenvalue weighted by atomic mass is 9.97. The Morgan fingerprint density at radius 1 is 1.11 bits per heavy atom. The number of rotatable bonds is 10. The molecule has 35 heavy (non-hydrogen) atoms. The largest absolute Gasteiger partial charge is 0.392 e. The molecule has 1 aromatic heterocycles. The number of hydrogen-bond acceptors (Lipinski definition) is 7. The first kappa shape index (κ1) is 28.3. The molecule has 2 N–H and O–H groups in total. The second-order valence-corrected chi connectivity index (χ2v) is 10.9. The van der Waals surface area contributed by atoms with Gasteiger partial charge in [0.25, 0.3) is 0 Å². The number of sulfonamides is 1. The van der Waals surface area contributed by atoms with Crippen molar-refractivity contribution in [1.82, 2.24) is 14.9 Å². The summed E-state index contributed by atoms with van der Waals surface area (Å²) in [6.45, 7) is 3.76. The first-order valence-corrected chi connectivity index (χ1v) is 12.9. The van der Waals surface area contributed by atoms with Gasteiger partial charge in [0.05, 0.1) is 36.3 Å². The van der Waals surface area contributed by atoms with Crippen molar-refractivity contribution < 1.29 is 27.8 Å². The van der Waals surface area contributed by atoms with E-state index >= 15 is 0 Å².